The fourth-order valence-electron chi connectivity index (χ4n) is 9.38. The van der Waals surface area contributed by atoms with Crippen LogP contribution >= 0.6 is 0 Å². The smallest absolute Gasteiger partial charge is 0.159 e. The molecule has 0 bridgehead atoms. The molecule has 0 atom stereocenters. The highest BCUT2D eigenvalue weighted by Crippen LogP contribution is 2.49. The van der Waals surface area contributed by atoms with Crippen molar-refractivity contribution in [1.82, 2.24) is 0 Å². The molecule has 0 saturated carbocycles. The first-order valence-electron chi connectivity index (χ1n) is 19.9. The van der Waals surface area contributed by atoms with Crippen molar-refractivity contribution in [3.8, 4) is 22.3 Å². The van der Waals surface area contributed by atoms with Crippen LogP contribution in [0.15, 0.2) is 217 Å². The Morgan fingerprint density at radius 2 is 0.759 bits per heavy atom. The van der Waals surface area contributed by atoms with Crippen molar-refractivity contribution >= 4 is 92.9 Å². The van der Waals surface area contributed by atoms with E-state index in [-0.39, 0.29) is 0 Å². The van der Waals surface area contributed by atoms with Gasteiger partial charge >= 0.3 is 0 Å². The standard InChI is InChI=1S/C56H35NO/c1-3-16-38(17-4-1)53-48-23-12-11-22-46(48)47-33-30-42(35-51(47)54(53)39-18-5-2-6-19-39)57(41-29-32-44-40(34-41)27-26-36-14-7-9-20-43(36)44)52-25-13-24-49-50-31-28-37-15-8-10-21-45(37)55(50)58-56(49)52/h1-35H. The number of furan rings is 1. The van der Waals surface area contributed by atoms with E-state index in [1.807, 2.05) is 0 Å². The van der Waals surface area contributed by atoms with Gasteiger partial charge in [-0.2, -0.15) is 0 Å². The second kappa shape index (κ2) is 12.9. The summed E-state index contributed by atoms with van der Waals surface area (Å²) in [6.45, 7) is 0. The minimum Gasteiger partial charge on any atom is -0.453 e. The Hall–Kier alpha value is -7.68. The molecule has 0 radical (unpaired) electrons. The Morgan fingerprint density at radius 1 is 0.276 bits per heavy atom. The van der Waals surface area contributed by atoms with Gasteiger partial charge in [0.15, 0.2) is 5.58 Å². The summed E-state index contributed by atoms with van der Waals surface area (Å²) in [6, 6.07) is 77.1. The highest BCUT2D eigenvalue weighted by Gasteiger charge is 2.23. The van der Waals surface area contributed by atoms with Gasteiger partial charge in [0.25, 0.3) is 0 Å². The summed E-state index contributed by atoms with van der Waals surface area (Å²) < 4.78 is 7.04. The number of hydrogen-bond donors (Lipinski definition) is 0. The monoisotopic (exact) mass is 737 g/mol. The van der Waals surface area contributed by atoms with E-state index in [2.05, 4.69) is 217 Å². The van der Waals surface area contributed by atoms with Crippen LogP contribution in [0.2, 0.25) is 0 Å². The molecular formula is C56H35NO. The number of para-hydroxylation sites is 1. The number of benzene rings is 11. The van der Waals surface area contributed by atoms with Gasteiger partial charge in [0, 0.05) is 27.5 Å². The van der Waals surface area contributed by atoms with Crippen molar-refractivity contribution in [2.24, 2.45) is 0 Å². The lowest BCUT2D eigenvalue weighted by molar-refractivity contribution is 0.673. The molecule has 0 N–H and O–H groups in total. The van der Waals surface area contributed by atoms with Crippen molar-refractivity contribution in [3.05, 3.63) is 212 Å². The zero-order chi connectivity index (χ0) is 38.2. The van der Waals surface area contributed by atoms with Crippen LogP contribution in [0.3, 0.4) is 0 Å². The van der Waals surface area contributed by atoms with Crippen LogP contribution < -0.4 is 4.90 Å². The zero-order valence-electron chi connectivity index (χ0n) is 31.6. The lowest BCUT2D eigenvalue weighted by atomic mass is 9.85. The molecular weight excluding hydrogens is 703 g/mol. The molecule has 1 aromatic heterocycles. The summed E-state index contributed by atoms with van der Waals surface area (Å²) >= 11 is 0. The van der Waals surface area contributed by atoms with Crippen LogP contribution in [0.25, 0.3) is 98.1 Å². The second-order valence-electron chi connectivity index (χ2n) is 15.2. The molecule has 2 nitrogen and oxygen atoms in total. The van der Waals surface area contributed by atoms with Crippen molar-refractivity contribution in [2.45, 2.75) is 0 Å². The third-order valence-corrected chi connectivity index (χ3v) is 12.0. The van der Waals surface area contributed by atoms with Gasteiger partial charge in [0.05, 0.1) is 5.69 Å². The van der Waals surface area contributed by atoms with Crippen LogP contribution in [-0.4, -0.2) is 0 Å². The predicted octanol–water partition coefficient (Wildman–Crippen LogP) is 16.2. The van der Waals surface area contributed by atoms with Crippen molar-refractivity contribution in [2.75, 3.05) is 4.90 Å². The second-order valence-corrected chi connectivity index (χ2v) is 15.2. The van der Waals surface area contributed by atoms with Gasteiger partial charge in [0.1, 0.15) is 5.58 Å². The largest absolute Gasteiger partial charge is 0.453 e. The minimum absolute atomic E-state index is 0.860. The van der Waals surface area contributed by atoms with Gasteiger partial charge in [-0.25, -0.2) is 0 Å². The van der Waals surface area contributed by atoms with Crippen molar-refractivity contribution in [3.63, 3.8) is 0 Å². The summed E-state index contributed by atoms with van der Waals surface area (Å²) in [7, 11) is 0. The first-order chi connectivity index (χ1) is 28.8. The molecule has 1 heterocycles. The van der Waals surface area contributed by atoms with Crippen LogP contribution in [0.5, 0.6) is 0 Å². The van der Waals surface area contributed by atoms with E-state index in [1.54, 1.807) is 0 Å². The third kappa shape index (κ3) is 4.99. The van der Waals surface area contributed by atoms with Gasteiger partial charge in [-0.3, -0.25) is 0 Å². The number of nitrogens with zero attached hydrogens (tertiary/aromatic N) is 1. The maximum Gasteiger partial charge on any atom is 0.159 e. The highest BCUT2D eigenvalue weighted by atomic mass is 16.3. The van der Waals surface area contributed by atoms with Crippen LogP contribution in [0, 0.1) is 0 Å². The van der Waals surface area contributed by atoms with E-state index in [9.17, 15) is 0 Å². The maximum atomic E-state index is 7.04. The lowest BCUT2D eigenvalue weighted by Crippen LogP contribution is -2.10. The molecule has 0 unspecified atom stereocenters. The van der Waals surface area contributed by atoms with Crippen LogP contribution in [-0.2, 0) is 0 Å². The quantitative estimate of drug-likeness (QED) is 0.164. The Labute approximate surface area is 335 Å². The average molecular weight is 738 g/mol. The van der Waals surface area contributed by atoms with Gasteiger partial charge in [-0.05, 0) is 107 Å². The van der Waals surface area contributed by atoms with Gasteiger partial charge in [-0.1, -0.05) is 176 Å². The molecule has 11 aromatic carbocycles. The Bertz CT molecular complexity index is 3570. The molecule has 270 valence electrons. The van der Waals surface area contributed by atoms with E-state index >= 15 is 0 Å². The topological polar surface area (TPSA) is 16.4 Å². The summed E-state index contributed by atoms with van der Waals surface area (Å²) in [5.41, 5.74) is 9.72. The normalized spacial score (nSPS) is 11.8. The number of anilines is 3. The predicted molar refractivity (Wildman–Crippen MR) is 247 cm³/mol. The van der Waals surface area contributed by atoms with E-state index in [1.165, 1.54) is 70.7 Å². The molecule has 0 aliphatic rings. The minimum atomic E-state index is 0.860. The molecule has 2 heteroatoms. The SMILES string of the molecule is c1ccc(-c2c(-c3ccccc3)c3cc(N(c4ccc5c(ccc6ccccc65)c4)c4cccc5c4oc4c6ccccc6ccc54)ccc3c3ccccc23)cc1. The average Bonchev–Trinajstić information content (AvgIpc) is 3.69. The number of hydrogen-bond acceptors (Lipinski definition) is 2. The molecule has 12 aromatic rings. The van der Waals surface area contributed by atoms with Gasteiger partial charge < -0.3 is 9.32 Å². The lowest BCUT2D eigenvalue weighted by Gasteiger charge is -2.27. The molecule has 0 saturated heterocycles. The zero-order valence-corrected chi connectivity index (χ0v) is 31.6. The number of rotatable bonds is 5. The molecule has 0 fully saturated rings. The van der Waals surface area contributed by atoms with Crippen LogP contribution in [0.4, 0.5) is 17.1 Å². The Balaban J connectivity index is 1.19. The van der Waals surface area contributed by atoms with E-state index < -0.39 is 0 Å². The maximum absolute atomic E-state index is 7.04. The summed E-state index contributed by atoms with van der Waals surface area (Å²) in [5.74, 6) is 0. The summed E-state index contributed by atoms with van der Waals surface area (Å²) in [6.07, 6.45) is 0. The van der Waals surface area contributed by atoms with Crippen LogP contribution in [0.1, 0.15) is 0 Å². The van der Waals surface area contributed by atoms with Gasteiger partial charge in [0.2, 0.25) is 0 Å². The number of fused-ring (bicyclic) bond motifs is 11. The van der Waals surface area contributed by atoms with Gasteiger partial charge in [-0.15, -0.1) is 0 Å². The fourth-order valence-corrected chi connectivity index (χ4v) is 9.38. The highest BCUT2D eigenvalue weighted by molar-refractivity contribution is 6.23. The van der Waals surface area contributed by atoms with E-state index in [0.29, 0.717) is 0 Å². The molecule has 58 heavy (non-hydrogen) atoms. The van der Waals surface area contributed by atoms with Crippen molar-refractivity contribution < 1.29 is 4.42 Å². The first-order valence-corrected chi connectivity index (χ1v) is 19.9. The molecule has 0 aliphatic heterocycles. The van der Waals surface area contributed by atoms with Crippen molar-refractivity contribution in [1.29, 1.82) is 0 Å². The van der Waals surface area contributed by atoms with E-state index in [0.717, 1.165) is 44.4 Å². The first kappa shape index (κ1) is 32.6. The summed E-state index contributed by atoms with van der Waals surface area (Å²) in [5, 5.41) is 14.3. The Morgan fingerprint density at radius 3 is 1.52 bits per heavy atom. The fraction of sp³-hybridized carbons (Fsp3) is 0. The molecule has 12 rings (SSSR count). The summed E-state index contributed by atoms with van der Waals surface area (Å²) in [4.78, 5) is 2.40. The molecule has 0 spiro atoms. The molecule has 0 amide bonds. The van der Waals surface area contributed by atoms with E-state index in [4.69, 9.17) is 4.42 Å². The molecule has 0 aliphatic carbocycles. The third-order valence-electron chi connectivity index (χ3n) is 12.0. The Kier molecular flexibility index (Phi) is 7.26.